The zero-order chi connectivity index (χ0) is 12.3. The molecule has 0 bridgehead atoms. The molecule has 1 aromatic rings. The lowest BCUT2D eigenvalue weighted by Crippen LogP contribution is -1.97. The highest BCUT2D eigenvalue weighted by Gasteiger charge is 1.97. The molecule has 17 heavy (non-hydrogen) atoms. The standard InChI is InChI=1S/C15H24O2/c1-2-3-6-12-17-15-10-7-9-14(13-15)8-4-5-11-16/h7,9-10,13,16H,2-6,8,11-12H2,1H3. The van der Waals surface area contributed by atoms with Gasteiger partial charge < -0.3 is 9.84 Å². The fourth-order valence-corrected chi connectivity index (χ4v) is 1.77. The van der Waals surface area contributed by atoms with Crippen LogP contribution in [0.2, 0.25) is 0 Å². The van der Waals surface area contributed by atoms with Crippen LogP contribution >= 0.6 is 0 Å². The largest absolute Gasteiger partial charge is 0.494 e. The first-order chi connectivity index (χ1) is 8.36. The second-order valence-corrected chi connectivity index (χ2v) is 4.38. The minimum absolute atomic E-state index is 0.285. The average Bonchev–Trinajstić information content (AvgIpc) is 2.36. The van der Waals surface area contributed by atoms with Gasteiger partial charge in [-0.15, -0.1) is 0 Å². The van der Waals surface area contributed by atoms with Crippen molar-refractivity contribution in [1.82, 2.24) is 0 Å². The van der Waals surface area contributed by atoms with Crippen molar-refractivity contribution >= 4 is 0 Å². The number of rotatable bonds is 9. The Balaban J connectivity index is 2.31. The Bertz CT molecular complexity index is 297. The summed E-state index contributed by atoms with van der Waals surface area (Å²) in [7, 11) is 0. The number of aliphatic hydroxyl groups excluding tert-OH is 1. The second-order valence-electron chi connectivity index (χ2n) is 4.38. The topological polar surface area (TPSA) is 29.5 Å². The van der Waals surface area contributed by atoms with Crippen LogP contribution in [0.25, 0.3) is 0 Å². The number of aliphatic hydroxyl groups is 1. The van der Waals surface area contributed by atoms with E-state index in [0.717, 1.165) is 38.0 Å². The maximum atomic E-state index is 8.74. The highest BCUT2D eigenvalue weighted by atomic mass is 16.5. The van der Waals surface area contributed by atoms with Crippen molar-refractivity contribution < 1.29 is 9.84 Å². The van der Waals surface area contributed by atoms with Crippen LogP contribution in [0.15, 0.2) is 24.3 Å². The lowest BCUT2D eigenvalue weighted by Gasteiger charge is -2.07. The van der Waals surface area contributed by atoms with Crippen LogP contribution in [-0.2, 0) is 6.42 Å². The molecule has 0 saturated carbocycles. The van der Waals surface area contributed by atoms with E-state index in [4.69, 9.17) is 9.84 Å². The van der Waals surface area contributed by atoms with Gasteiger partial charge in [-0.1, -0.05) is 31.9 Å². The van der Waals surface area contributed by atoms with Crippen LogP contribution in [0.4, 0.5) is 0 Å². The summed E-state index contributed by atoms with van der Waals surface area (Å²) in [5.41, 5.74) is 1.30. The molecule has 0 fully saturated rings. The third kappa shape index (κ3) is 6.32. The zero-order valence-corrected chi connectivity index (χ0v) is 10.8. The van der Waals surface area contributed by atoms with Crippen LogP contribution in [-0.4, -0.2) is 18.3 Å². The van der Waals surface area contributed by atoms with E-state index < -0.39 is 0 Å². The number of aryl methyl sites for hydroxylation is 1. The van der Waals surface area contributed by atoms with Crippen LogP contribution in [0.3, 0.4) is 0 Å². The van der Waals surface area contributed by atoms with Crippen molar-refractivity contribution in [3.63, 3.8) is 0 Å². The van der Waals surface area contributed by atoms with Gasteiger partial charge in [-0.3, -0.25) is 0 Å². The molecule has 1 aromatic carbocycles. The molecule has 96 valence electrons. The molecule has 0 aromatic heterocycles. The fourth-order valence-electron chi connectivity index (χ4n) is 1.77. The molecule has 0 radical (unpaired) electrons. The van der Waals surface area contributed by atoms with Crippen molar-refractivity contribution in [2.45, 2.75) is 45.4 Å². The Kier molecular flexibility index (Phi) is 7.48. The molecule has 0 aliphatic rings. The molecule has 0 saturated heterocycles. The molecule has 2 heteroatoms. The van der Waals surface area contributed by atoms with Gasteiger partial charge in [0.1, 0.15) is 5.75 Å². The predicted molar refractivity (Wildman–Crippen MR) is 71.5 cm³/mol. The quantitative estimate of drug-likeness (QED) is 0.664. The molecule has 1 rings (SSSR count). The number of benzene rings is 1. The van der Waals surface area contributed by atoms with Gasteiger partial charge in [0.05, 0.1) is 6.61 Å². The zero-order valence-electron chi connectivity index (χ0n) is 10.8. The Labute approximate surface area is 105 Å². The van der Waals surface area contributed by atoms with E-state index in [-0.39, 0.29) is 6.61 Å². The smallest absolute Gasteiger partial charge is 0.119 e. The summed E-state index contributed by atoms with van der Waals surface area (Å²) in [6.45, 7) is 3.29. The molecule has 1 N–H and O–H groups in total. The van der Waals surface area contributed by atoms with E-state index >= 15 is 0 Å². The van der Waals surface area contributed by atoms with Gasteiger partial charge in [0.25, 0.3) is 0 Å². The van der Waals surface area contributed by atoms with Gasteiger partial charge in [-0.2, -0.15) is 0 Å². The molecule has 0 amide bonds. The van der Waals surface area contributed by atoms with Crippen LogP contribution in [0.1, 0.15) is 44.6 Å². The SMILES string of the molecule is CCCCCOc1cccc(CCCCO)c1. The number of ether oxygens (including phenoxy) is 1. The summed E-state index contributed by atoms with van der Waals surface area (Å²) in [4.78, 5) is 0. The number of unbranched alkanes of at least 4 members (excludes halogenated alkanes) is 3. The molecule has 0 aliphatic carbocycles. The van der Waals surface area contributed by atoms with E-state index in [0.29, 0.717) is 0 Å². The van der Waals surface area contributed by atoms with Gasteiger partial charge in [-0.25, -0.2) is 0 Å². The minimum atomic E-state index is 0.285. The molecule has 0 spiro atoms. The molecular weight excluding hydrogens is 212 g/mol. The highest BCUT2D eigenvalue weighted by molar-refractivity contribution is 5.28. The molecular formula is C15H24O2. The summed E-state index contributed by atoms with van der Waals surface area (Å²) in [5, 5.41) is 8.74. The second kappa shape index (κ2) is 9.06. The van der Waals surface area contributed by atoms with Gasteiger partial charge in [0.2, 0.25) is 0 Å². The summed E-state index contributed by atoms with van der Waals surface area (Å²) < 4.78 is 5.71. The van der Waals surface area contributed by atoms with Gasteiger partial charge in [-0.05, 0) is 43.4 Å². The molecule has 2 nitrogen and oxygen atoms in total. The summed E-state index contributed by atoms with van der Waals surface area (Å²) in [6.07, 6.45) is 6.52. The lowest BCUT2D eigenvalue weighted by atomic mass is 10.1. The molecule has 0 unspecified atom stereocenters. The first-order valence-corrected chi connectivity index (χ1v) is 6.69. The fraction of sp³-hybridized carbons (Fsp3) is 0.600. The summed E-state index contributed by atoms with van der Waals surface area (Å²) in [5.74, 6) is 0.975. The van der Waals surface area contributed by atoms with Gasteiger partial charge in [0.15, 0.2) is 0 Å². The monoisotopic (exact) mass is 236 g/mol. The van der Waals surface area contributed by atoms with Crippen LogP contribution < -0.4 is 4.74 Å². The Morgan fingerprint density at radius 3 is 2.76 bits per heavy atom. The van der Waals surface area contributed by atoms with E-state index in [2.05, 4.69) is 19.1 Å². The van der Waals surface area contributed by atoms with Crippen molar-refractivity contribution in [2.24, 2.45) is 0 Å². The Hall–Kier alpha value is -1.02. The van der Waals surface area contributed by atoms with Gasteiger partial charge in [0, 0.05) is 6.61 Å². The number of hydrogen-bond donors (Lipinski definition) is 1. The van der Waals surface area contributed by atoms with Crippen LogP contribution in [0.5, 0.6) is 5.75 Å². The van der Waals surface area contributed by atoms with E-state index in [1.165, 1.54) is 18.4 Å². The highest BCUT2D eigenvalue weighted by Crippen LogP contribution is 2.15. The maximum Gasteiger partial charge on any atom is 0.119 e. The van der Waals surface area contributed by atoms with E-state index in [1.807, 2.05) is 12.1 Å². The lowest BCUT2D eigenvalue weighted by molar-refractivity contribution is 0.284. The van der Waals surface area contributed by atoms with Crippen molar-refractivity contribution in [2.75, 3.05) is 13.2 Å². The summed E-state index contributed by atoms with van der Waals surface area (Å²) >= 11 is 0. The van der Waals surface area contributed by atoms with Crippen molar-refractivity contribution in [3.8, 4) is 5.75 Å². The average molecular weight is 236 g/mol. The van der Waals surface area contributed by atoms with Gasteiger partial charge >= 0.3 is 0 Å². The van der Waals surface area contributed by atoms with Crippen molar-refractivity contribution in [3.05, 3.63) is 29.8 Å². The molecule has 0 aliphatic heterocycles. The maximum absolute atomic E-state index is 8.74. The van der Waals surface area contributed by atoms with E-state index in [9.17, 15) is 0 Å². The predicted octanol–water partition coefficient (Wildman–Crippen LogP) is 3.57. The Morgan fingerprint density at radius 1 is 1.12 bits per heavy atom. The van der Waals surface area contributed by atoms with Crippen LogP contribution in [0, 0.1) is 0 Å². The first-order valence-electron chi connectivity index (χ1n) is 6.69. The first kappa shape index (κ1) is 14.0. The third-order valence-corrected chi connectivity index (χ3v) is 2.79. The molecule has 0 heterocycles. The number of hydrogen-bond acceptors (Lipinski definition) is 2. The van der Waals surface area contributed by atoms with E-state index in [1.54, 1.807) is 0 Å². The normalized spacial score (nSPS) is 10.5. The molecule has 0 atom stereocenters. The Morgan fingerprint density at radius 2 is 2.00 bits per heavy atom. The van der Waals surface area contributed by atoms with Crippen molar-refractivity contribution in [1.29, 1.82) is 0 Å². The third-order valence-electron chi connectivity index (χ3n) is 2.79. The summed E-state index contributed by atoms with van der Waals surface area (Å²) in [6, 6.07) is 8.30. The minimum Gasteiger partial charge on any atom is -0.494 e.